The number of hydrazine groups is 1. The first-order valence-corrected chi connectivity index (χ1v) is 6.26. The smallest absolute Gasteiger partial charge is 0.240 e. The van der Waals surface area contributed by atoms with Crippen LogP contribution in [0, 0.1) is 5.41 Å². The Morgan fingerprint density at radius 1 is 1.50 bits per heavy atom. The van der Waals surface area contributed by atoms with E-state index in [1.54, 1.807) is 0 Å². The lowest BCUT2D eigenvalue weighted by Gasteiger charge is -2.39. The molecule has 1 aliphatic heterocycles. The van der Waals surface area contributed by atoms with Gasteiger partial charge < -0.3 is 0 Å². The Kier molecular flexibility index (Phi) is 4.74. The monoisotopic (exact) mass is 227 g/mol. The molecule has 0 aromatic carbocycles. The highest BCUT2D eigenvalue weighted by atomic mass is 16.2. The SMILES string of the molecule is CCC1CCCCN1CC(C)(C)C(=O)NN. The van der Waals surface area contributed by atoms with Crippen molar-refractivity contribution in [3.63, 3.8) is 0 Å². The molecule has 4 heteroatoms. The number of likely N-dealkylation sites (tertiary alicyclic amines) is 1. The molecule has 1 amide bonds. The van der Waals surface area contributed by atoms with Crippen molar-refractivity contribution in [2.45, 2.75) is 52.5 Å². The minimum Gasteiger partial charge on any atom is -0.299 e. The highest BCUT2D eigenvalue weighted by molar-refractivity contribution is 5.81. The van der Waals surface area contributed by atoms with Gasteiger partial charge in [0, 0.05) is 12.6 Å². The number of piperidine rings is 1. The van der Waals surface area contributed by atoms with E-state index in [0.29, 0.717) is 6.04 Å². The Hall–Kier alpha value is -0.610. The number of hydrogen-bond donors (Lipinski definition) is 2. The van der Waals surface area contributed by atoms with E-state index in [4.69, 9.17) is 5.84 Å². The van der Waals surface area contributed by atoms with Crippen molar-refractivity contribution in [3.05, 3.63) is 0 Å². The minimum absolute atomic E-state index is 0.0760. The maximum Gasteiger partial charge on any atom is 0.240 e. The Morgan fingerprint density at radius 2 is 2.19 bits per heavy atom. The van der Waals surface area contributed by atoms with Gasteiger partial charge >= 0.3 is 0 Å². The van der Waals surface area contributed by atoms with Crippen molar-refractivity contribution in [1.29, 1.82) is 0 Å². The summed E-state index contributed by atoms with van der Waals surface area (Å²) in [6, 6.07) is 0.638. The van der Waals surface area contributed by atoms with Gasteiger partial charge in [0.15, 0.2) is 0 Å². The lowest BCUT2D eigenvalue weighted by atomic mass is 9.89. The van der Waals surface area contributed by atoms with Crippen LogP contribution in [0.4, 0.5) is 0 Å². The first kappa shape index (κ1) is 13.5. The lowest BCUT2D eigenvalue weighted by Crippen LogP contribution is -2.50. The van der Waals surface area contributed by atoms with Crippen molar-refractivity contribution in [2.75, 3.05) is 13.1 Å². The van der Waals surface area contributed by atoms with Crippen LogP contribution in [0.25, 0.3) is 0 Å². The summed E-state index contributed by atoms with van der Waals surface area (Å²) in [5, 5.41) is 0. The van der Waals surface area contributed by atoms with Crippen LogP contribution in [0.2, 0.25) is 0 Å². The second kappa shape index (κ2) is 5.64. The number of carbonyl (C=O) groups excluding carboxylic acids is 1. The highest BCUT2D eigenvalue weighted by Gasteiger charge is 2.32. The summed E-state index contributed by atoms with van der Waals surface area (Å²) >= 11 is 0. The number of nitrogens with two attached hydrogens (primary N) is 1. The fourth-order valence-electron chi connectivity index (χ4n) is 2.51. The Morgan fingerprint density at radius 3 is 2.75 bits per heavy atom. The van der Waals surface area contributed by atoms with E-state index < -0.39 is 5.41 Å². The third-order valence-electron chi connectivity index (χ3n) is 3.56. The summed E-state index contributed by atoms with van der Waals surface area (Å²) in [7, 11) is 0. The van der Waals surface area contributed by atoms with Crippen LogP contribution in [-0.2, 0) is 4.79 Å². The summed E-state index contributed by atoms with van der Waals surface area (Å²) in [5.74, 6) is 5.14. The number of carbonyl (C=O) groups is 1. The predicted molar refractivity (Wildman–Crippen MR) is 65.6 cm³/mol. The Bertz CT molecular complexity index is 240. The molecule has 0 spiro atoms. The first-order valence-electron chi connectivity index (χ1n) is 6.26. The lowest BCUT2D eigenvalue weighted by molar-refractivity contribution is -0.131. The molecule has 1 atom stereocenters. The molecule has 94 valence electrons. The number of nitrogens with one attached hydrogen (secondary N) is 1. The van der Waals surface area contributed by atoms with Crippen molar-refractivity contribution in [1.82, 2.24) is 10.3 Å². The molecule has 1 aliphatic rings. The molecule has 16 heavy (non-hydrogen) atoms. The normalized spacial score (nSPS) is 23.1. The predicted octanol–water partition coefficient (Wildman–Crippen LogP) is 1.27. The molecule has 0 aromatic rings. The van der Waals surface area contributed by atoms with Crippen LogP contribution < -0.4 is 11.3 Å². The second-order valence-corrected chi connectivity index (χ2v) is 5.39. The first-order chi connectivity index (χ1) is 7.51. The average molecular weight is 227 g/mol. The van der Waals surface area contributed by atoms with E-state index in [2.05, 4.69) is 17.2 Å². The van der Waals surface area contributed by atoms with Gasteiger partial charge in [-0.1, -0.05) is 13.3 Å². The van der Waals surface area contributed by atoms with E-state index in [1.807, 2.05) is 13.8 Å². The zero-order valence-corrected chi connectivity index (χ0v) is 10.8. The summed E-state index contributed by atoms with van der Waals surface area (Å²) in [5.41, 5.74) is 1.86. The number of hydrogen-bond acceptors (Lipinski definition) is 3. The topological polar surface area (TPSA) is 58.4 Å². The van der Waals surface area contributed by atoms with Gasteiger partial charge in [0.05, 0.1) is 5.41 Å². The van der Waals surface area contributed by atoms with Crippen LogP contribution in [0.1, 0.15) is 46.5 Å². The van der Waals surface area contributed by atoms with Crippen molar-refractivity contribution >= 4 is 5.91 Å². The molecule has 0 bridgehead atoms. The second-order valence-electron chi connectivity index (χ2n) is 5.39. The molecular formula is C12H25N3O. The summed E-state index contributed by atoms with van der Waals surface area (Å²) in [6.07, 6.45) is 4.99. The zero-order valence-electron chi connectivity index (χ0n) is 10.8. The van der Waals surface area contributed by atoms with Gasteiger partial charge in [-0.25, -0.2) is 5.84 Å². The highest BCUT2D eigenvalue weighted by Crippen LogP contribution is 2.25. The molecule has 3 N–H and O–H groups in total. The van der Waals surface area contributed by atoms with Crippen LogP contribution in [0.5, 0.6) is 0 Å². The fraction of sp³-hybridized carbons (Fsp3) is 0.917. The standard InChI is InChI=1S/C12H25N3O/c1-4-10-7-5-6-8-15(10)9-12(2,3)11(16)14-13/h10H,4-9,13H2,1-3H3,(H,14,16). The van der Waals surface area contributed by atoms with Gasteiger partial charge in [0.1, 0.15) is 0 Å². The molecular weight excluding hydrogens is 202 g/mol. The van der Waals surface area contributed by atoms with Gasteiger partial charge in [-0.2, -0.15) is 0 Å². The van der Waals surface area contributed by atoms with Crippen LogP contribution in [-0.4, -0.2) is 29.9 Å². The van der Waals surface area contributed by atoms with Crippen LogP contribution in [0.3, 0.4) is 0 Å². The molecule has 1 rings (SSSR count). The number of amides is 1. The molecule has 0 saturated carbocycles. The fourth-order valence-corrected chi connectivity index (χ4v) is 2.51. The van der Waals surface area contributed by atoms with Crippen molar-refractivity contribution in [2.24, 2.45) is 11.3 Å². The molecule has 1 heterocycles. The average Bonchev–Trinajstić information content (AvgIpc) is 2.28. The maximum atomic E-state index is 11.6. The number of nitrogens with zero attached hydrogens (tertiary/aromatic N) is 1. The van der Waals surface area contributed by atoms with Crippen molar-refractivity contribution in [3.8, 4) is 0 Å². The van der Waals surface area contributed by atoms with E-state index >= 15 is 0 Å². The molecule has 1 fully saturated rings. The van der Waals surface area contributed by atoms with Gasteiger partial charge in [0.2, 0.25) is 5.91 Å². The molecule has 4 nitrogen and oxygen atoms in total. The van der Waals surface area contributed by atoms with Crippen molar-refractivity contribution < 1.29 is 4.79 Å². The summed E-state index contributed by atoms with van der Waals surface area (Å²) in [6.45, 7) is 8.04. The largest absolute Gasteiger partial charge is 0.299 e. The van der Waals surface area contributed by atoms with Gasteiger partial charge in [-0.15, -0.1) is 0 Å². The van der Waals surface area contributed by atoms with Gasteiger partial charge in [-0.3, -0.25) is 15.1 Å². The Labute approximate surface area is 98.5 Å². The van der Waals surface area contributed by atoms with Crippen LogP contribution >= 0.6 is 0 Å². The molecule has 0 aliphatic carbocycles. The van der Waals surface area contributed by atoms with E-state index in [0.717, 1.165) is 13.1 Å². The quantitative estimate of drug-likeness (QED) is 0.432. The third kappa shape index (κ3) is 3.19. The van der Waals surface area contributed by atoms with E-state index in [-0.39, 0.29) is 5.91 Å². The maximum absolute atomic E-state index is 11.6. The summed E-state index contributed by atoms with van der Waals surface area (Å²) in [4.78, 5) is 14.1. The number of rotatable bonds is 4. The van der Waals surface area contributed by atoms with Gasteiger partial charge in [0.25, 0.3) is 0 Å². The van der Waals surface area contributed by atoms with Gasteiger partial charge in [-0.05, 0) is 39.7 Å². The molecule has 1 unspecified atom stereocenters. The van der Waals surface area contributed by atoms with E-state index in [1.165, 1.54) is 25.7 Å². The molecule has 0 aromatic heterocycles. The zero-order chi connectivity index (χ0) is 12.2. The molecule has 0 radical (unpaired) electrons. The summed E-state index contributed by atoms with van der Waals surface area (Å²) < 4.78 is 0. The Balaban J connectivity index is 2.60. The third-order valence-corrected chi connectivity index (χ3v) is 3.56. The minimum atomic E-state index is -0.403. The van der Waals surface area contributed by atoms with Crippen LogP contribution in [0.15, 0.2) is 0 Å². The molecule has 1 saturated heterocycles. The van der Waals surface area contributed by atoms with E-state index in [9.17, 15) is 4.79 Å².